The summed E-state index contributed by atoms with van der Waals surface area (Å²) in [4.78, 5) is 10.9. The minimum atomic E-state index is -4.37. The van der Waals surface area contributed by atoms with Crippen molar-refractivity contribution in [2.75, 3.05) is 0 Å². The largest absolute Gasteiger partial charge is 0.349 e. The zero-order valence-corrected chi connectivity index (χ0v) is 11.9. The summed E-state index contributed by atoms with van der Waals surface area (Å²) in [5.74, 6) is -3.63. The average molecular weight is 306 g/mol. The van der Waals surface area contributed by atoms with E-state index in [-0.39, 0.29) is 6.04 Å². The molecule has 8 heteroatoms. The molecule has 5 nitrogen and oxygen atoms in total. The van der Waals surface area contributed by atoms with E-state index in [9.17, 15) is 22.0 Å². The Morgan fingerprint density at radius 2 is 2.00 bits per heavy atom. The minimum Gasteiger partial charge on any atom is -0.349 e. The zero-order valence-electron chi connectivity index (χ0n) is 11.1. The van der Waals surface area contributed by atoms with Gasteiger partial charge in [-0.05, 0) is 25.5 Å². The van der Waals surface area contributed by atoms with E-state index in [0.29, 0.717) is 18.6 Å². The van der Waals surface area contributed by atoms with Crippen molar-refractivity contribution in [3.63, 3.8) is 0 Å². The van der Waals surface area contributed by atoms with E-state index in [1.807, 2.05) is 6.92 Å². The lowest BCUT2D eigenvalue weighted by atomic mass is 10.1. The number of rotatable bonds is 5. The number of carbonyl (C=O) groups excluding carboxylic acids is 1. The van der Waals surface area contributed by atoms with Crippen LogP contribution in [0, 0.1) is 11.6 Å². The Morgan fingerprint density at radius 3 is 2.50 bits per heavy atom. The van der Waals surface area contributed by atoms with Crippen molar-refractivity contribution in [1.29, 1.82) is 0 Å². The van der Waals surface area contributed by atoms with Crippen LogP contribution in [0.2, 0.25) is 0 Å². The number of nitrogens with one attached hydrogen (secondary N) is 1. The monoisotopic (exact) mass is 306 g/mol. The van der Waals surface area contributed by atoms with Crippen LogP contribution in [0.3, 0.4) is 0 Å². The van der Waals surface area contributed by atoms with Crippen LogP contribution in [0.1, 0.15) is 37.0 Å². The number of amides is 1. The van der Waals surface area contributed by atoms with E-state index in [4.69, 9.17) is 5.14 Å². The van der Waals surface area contributed by atoms with E-state index < -0.39 is 38.0 Å². The maximum Gasteiger partial charge on any atom is 0.257 e. The van der Waals surface area contributed by atoms with Crippen LogP contribution in [0.4, 0.5) is 8.78 Å². The lowest BCUT2D eigenvalue weighted by Crippen LogP contribution is -2.34. The molecule has 112 valence electrons. The van der Waals surface area contributed by atoms with Crippen LogP contribution < -0.4 is 10.5 Å². The number of hydrogen-bond donors (Lipinski definition) is 2. The van der Waals surface area contributed by atoms with Gasteiger partial charge >= 0.3 is 0 Å². The van der Waals surface area contributed by atoms with Crippen LogP contribution in [0.5, 0.6) is 0 Å². The first kappa shape index (κ1) is 16.5. The predicted octanol–water partition coefficient (Wildman–Crippen LogP) is 1.53. The van der Waals surface area contributed by atoms with Gasteiger partial charge in [-0.25, -0.2) is 22.3 Å². The highest BCUT2D eigenvalue weighted by atomic mass is 32.2. The highest BCUT2D eigenvalue weighted by Crippen LogP contribution is 2.20. The molecule has 0 heterocycles. The standard InChI is InChI=1S/C12H16F2N2O3S/c1-3-4-7(2)16-12(17)10-8(13)5-6-9(11(10)14)20(15,18)19/h5-7H,3-4H2,1-2H3,(H,16,17)(H2,15,18,19). The van der Waals surface area contributed by atoms with Gasteiger partial charge < -0.3 is 5.32 Å². The molecule has 0 aliphatic heterocycles. The van der Waals surface area contributed by atoms with Crippen molar-refractivity contribution < 1.29 is 22.0 Å². The lowest BCUT2D eigenvalue weighted by molar-refractivity contribution is 0.0929. The molecule has 0 radical (unpaired) electrons. The zero-order chi connectivity index (χ0) is 15.5. The highest BCUT2D eigenvalue weighted by molar-refractivity contribution is 7.89. The van der Waals surface area contributed by atoms with Crippen molar-refractivity contribution in [2.24, 2.45) is 5.14 Å². The average Bonchev–Trinajstić information content (AvgIpc) is 2.26. The number of hydrogen-bond acceptors (Lipinski definition) is 3. The van der Waals surface area contributed by atoms with Gasteiger partial charge in [0.1, 0.15) is 16.3 Å². The quantitative estimate of drug-likeness (QED) is 0.864. The summed E-state index contributed by atoms with van der Waals surface area (Å²) < 4.78 is 49.8. The van der Waals surface area contributed by atoms with Crippen molar-refractivity contribution in [1.82, 2.24) is 5.32 Å². The Hall–Kier alpha value is -1.54. The van der Waals surface area contributed by atoms with Gasteiger partial charge in [-0.15, -0.1) is 0 Å². The summed E-state index contributed by atoms with van der Waals surface area (Å²) in [6.45, 7) is 3.58. The smallest absolute Gasteiger partial charge is 0.257 e. The maximum atomic E-state index is 14.0. The molecule has 0 fully saturated rings. The van der Waals surface area contributed by atoms with E-state index in [0.717, 1.165) is 6.42 Å². The van der Waals surface area contributed by atoms with Gasteiger partial charge in [0.25, 0.3) is 5.91 Å². The first-order valence-electron chi connectivity index (χ1n) is 6.00. The summed E-state index contributed by atoms with van der Waals surface area (Å²) in [5.41, 5.74) is -0.945. The Labute approximate surface area is 116 Å². The fraction of sp³-hybridized carbons (Fsp3) is 0.417. The third kappa shape index (κ3) is 3.73. The molecule has 0 saturated heterocycles. The fourth-order valence-electron chi connectivity index (χ4n) is 1.76. The number of nitrogens with two attached hydrogens (primary N) is 1. The minimum absolute atomic E-state index is 0.288. The van der Waals surface area contributed by atoms with E-state index in [2.05, 4.69) is 5.32 Å². The molecule has 0 spiro atoms. The Balaban J connectivity index is 3.21. The summed E-state index contributed by atoms with van der Waals surface area (Å²) >= 11 is 0. The molecule has 0 bridgehead atoms. The topological polar surface area (TPSA) is 89.3 Å². The molecule has 1 unspecified atom stereocenters. The molecule has 1 rings (SSSR count). The number of benzene rings is 1. The number of primary sulfonamides is 1. The maximum absolute atomic E-state index is 14.0. The molecule has 1 aromatic rings. The van der Waals surface area contributed by atoms with Crippen molar-refractivity contribution in [3.8, 4) is 0 Å². The summed E-state index contributed by atoms with van der Waals surface area (Å²) in [6.07, 6.45) is 1.41. The molecule has 1 amide bonds. The number of halogens is 2. The lowest BCUT2D eigenvalue weighted by Gasteiger charge is -2.14. The first-order chi connectivity index (χ1) is 9.18. The third-order valence-corrected chi connectivity index (χ3v) is 3.62. The Morgan fingerprint density at radius 1 is 1.40 bits per heavy atom. The Kier molecular flexibility index (Phi) is 5.18. The molecule has 1 aromatic carbocycles. The normalized spacial score (nSPS) is 13.1. The van der Waals surface area contributed by atoms with Gasteiger partial charge in [0.05, 0.1) is 0 Å². The van der Waals surface area contributed by atoms with E-state index in [1.54, 1.807) is 6.92 Å². The van der Waals surface area contributed by atoms with Crippen LogP contribution in [0.15, 0.2) is 17.0 Å². The van der Waals surface area contributed by atoms with Crippen molar-refractivity contribution in [3.05, 3.63) is 29.3 Å². The summed E-state index contributed by atoms with van der Waals surface area (Å²) in [5, 5.41) is 7.21. The molecular formula is C12H16F2N2O3S. The van der Waals surface area contributed by atoms with Gasteiger partial charge in [0.2, 0.25) is 10.0 Å². The van der Waals surface area contributed by atoms with E-state index in [1.165, 1.54) is 0 Å². The van der Waals surface area contributed by atoms with Crippen LogP contribution in [-0.4, -0.2) is 20.4 Å². The van der Waals surface area contributed by atoms with Gasteiger partial charge in [-0.2, -0.15) is 0 Å². The molecule has 3 N–H and O–H groups in total. The molecule has 0 aliphatic rings. The van der Waals surface area contributed by atoms with Crippen molar-refractivity contribution >= 4 is 15.9 Å². The van der Waals surface area contributed by atoms with Crippen molar-refractivity contribution in [2.45, 2.75) is 37.6 Å². The van der Waals surface area contributed by atoms with Gasteiger partial charge in [0.15, 0.2) is 5.82 Å². The van der Waals surface area contributed by atoms with Gasteiger partial charge in [-0.3, -0.25) is 4.79 Å². The number of sulfonamides is 1. The second-order valence-corrected chi connectivity index (χ2v) is 5.97. The van der Waals surface area contributed by atoms with Crippen LogP contribution in [0.25, 0.3) is 0 Å². The molecular weight excluding hydrogens is 290 g/mol. The predicted molar refractivity (Wildman–Crippen MR) is 69.6 cm³/mol. The fourth-order valence-corrected chi connectivity index (χ4v) is 2.37. The summed E-state index contributed by atoms with van der Waals surface area (Å²) in [6, 6.07) is 1.10. The molecule has 0 aliphatic carbocycles. The van der Waals surface area contributed by atoms with E-state index >= 15 is 0 Å². The Bertz CT molecular complexity index is 617. The third-order valence-electron chi connectivity index (χ3n) is 2.69. The SMILES string of the molecule is CCCC(C)NC(=O)c1c(F)ccc(S(N)(=O)=O)c1F. The molecule has 0 saturated carbocycles. The van der Waals surface area contributed by atoms with Gasteiger partial charge in [0, 0.05) is 6.04 Å². The molecule has 1 atom stereocenters. The van der Waals surface area contributed by atoms with Crippen LogP contribution in [-0.2, 0) is 10.0 Å². The second kappa shape index (κ2) is 6.27. The summed E-state index contributed by atoms with van der Waals surface area (Å²) in [7, 11) is -4.37. The number of carbonyl (C=O) groups is 1. The molecule has 20 heavy (non-hydrogen) atoms. The first-order valence-corrected chi connectivity index (χ1v) is 7.54. The highest BCUT2D eigenvalue weighted by Gasteiger charge is 2.25. The second-order valence-electron chi connectivity index (χ2n) is 4.44. The molecule has 0 aromatic heterocycles. The van der Waals surface area contributed by atoms with Crippen LogP contribution >= 0.6 is 0 Å². The van der Waals surface area contributed by atoms with Gasteiger partial charge in [-0.1, -0.05) is 13.3 Å².